The summed E-state index contributed by atoms with van der Waals surface area (Å²) in [6.45, 7) is 0. The highest BCUT2D eigenvalue weighted by atomic mass is 79.9. The predicted octanol–water partition coefficient (Wildman–Crippen LogP) is 3.67. The van der Waals surface area contributed by atoms with Gasteiger partial charge in [-0.05, 0) is 45.8 Å². The lowest BCUT2D eigenvalue weighted by Gasteiger charge is -2.08. The Bertz CT molecular complexity index is 689. The normalized spacial score (nSPS) is 10.2. The number of anilines is 1. The summed E-state index contributed by atoms with van der Waals surface area (Å²) in [4.78, 5) is 12.4. The van der Waals surface area contributed by atoms with Gasteiger partial charge < -0.3 is 11.1 Å². The van der Waals surface area contributed by atoms with E-state index in [1.165, 1.54) is 12.1 Å². The molecule has 0 spiro atoms. The minimum absolute atomic E-state index is 0.0170. The number of carbonyl (C=O) groups excluding carboxylic acids is 1. The Kier molecular flexibility index (Phi) is 5.03. The molecule has 0 radical (unpaired) electrons. The Balaban J connectivity index is 2.12. The summed E-state index contributed by atoms with van der Waals surface area (Å²) < 4.78 is 14.1. The van der Waals surface area contributed by atoms with Gasteiger partial charge in [-0.2, -0.15) is 0 Å². The van der Waals surface area contributed by atoms with Crippen molar-refractivity contribution in [2.45, 2.75) is 6.42 Å². The van der Waals surface area contributed by atoms with Crippen LogP contribution in [-0.2, 0) is 6.42 Å². The van der Waals surface area contributed by atoms with Crippen molar-refractivity contribution < 1.29 is 9.18 Å². The SMILES string of the molecule is NC(=S)Cc1ccc(NC(=O)c2cccc(Br)c2F)cc1. The molecule has 3 N–H and O–H groups in total. The van der Waals surface area contributed by atoms with Crippen LogP contribution in [0.2, 0.25) is 0 Å². The zero-order chi connectivity index (χ0) is 15.4. The molecule has 0 heterocycles. The highest BCUT2D eigenvalue weighted by Crippen LogP contribution is 2.20. The van der Waals surface area contributed by atoms with Crippen LogP contribution in [0.1, 0.15) is 15.9 Å². The van der Waals surface area contributed by atoms with Gasteiger partial charge in [0.1, 0.15) is 5.82 Å². The molecule has 3 nitrogen and oxygen atoms in total. The molecule has 108 valence electrons. The van der Waals surface area contributed by atoms with Gasteiger partial charge in [0.05, 0.1) is 15.0 Å². The number of rotatable bonds is 4. The molecule has 1 amide bonds. The summed E-state index contributed by atoms with van der Waals surface area (Å²) in [6, 6.07) is 11.6. The Hall–Kier alpha value is -1.79. The van der Waals surface area contributed by atoms with Gasteiger partial charge in [0.2, 0.25) is 0 Å². The number of thiocarbonyl (C=S) groups is 1. The molecule has 2 rings (SSSR count). The van der Waals surface area contributed by atoms with Crippen molar-refractivity contribution in [3.63, 3.8) is 0 Å². The summed E-state index contributed by atoms with van der Waals surface area (Å²) in [6.07, 6.45) is 0.504. The van der Waals surface area contributed by atoms with E-state index in [1.807, 2.05) is 12.1 Å². The van der Waals surface area contributed by atoms with E-state index in [4.69, 9.17) is 18.0 Å². The largest absolute Gasteiger partial charge is 0.393 e. The molecule has 0 aliphatic heterocycles. The van der Waals surface area contributed by atoms with Crippen LogP contribution in [0.15, 0.2) is 46.9 Å². The predicted molar refractivity (Wildman–Crippen MR) is 89.0 cm³/mol. The van der Waals surface area contributed by atoms with E-state index in [0.717, 1.165) is 5.56 Å². The second-order valence-electron chi connectivity index (χ2n) is 4.40. The quantitative estimate of drug-likeness (QED) is 0.811. The molecule has 2 aromatic rings. The second-order valence-corrected chi connectivity index (χ2v) is 5.77. The van der Waals surface area contributed by atoms with Crippen molar-refractivity contribution in [3.8, 4) is 0 Å². The Labute approximate surface area is 135 Å². The number of benzene rings is 2. The van der Waals surface area contributed by atoms with Crippen LogP contribution in [0, 0.1) is 5.82 Å². The summed E-state index contributed by atoms with van der Waals surface area (Å²) in [5.74, 6) is -1.09. The molecule has 0 bridgehead atoms. The molecule has 0 aliphatic carbocycles. The zero-order valence-corrected chi connectivity index (χ0v) is 13.3. The third-order valence-electron chi connectivity index (χ3n) is 2.79. The Morgan fingerprint density at radius 3 is 2.52 bits per heavy atom. The van der Waals surface area contributed by atoms with Gasteiger partial charge in [-0.1, -0.05) is 30.4 Å². The van der Waals surface area contributed by atoms with E-state index in [-0.39, 0.29) is 10.0 Å². The maximum absolute atomic E-state index is 13.8. The molecule has 0 saturated carbocycles. The molecule has 21 heavy (non-hydrogen) atoms. The summed E-state index contributed by atoms with van der Waals surface area (Å²) in [5.41, 5.74) is 6.98. The first-order valence-corrected chi connectivity index (χ1v) is 7.30. The van der Waals surface area contributed by atoms with Crippen molar-refractivity contribution in [1.29, 1.82) is 0 Å². The van der Waals surface area contributed by atoms with Gasteiger partial charge in [-0.3, -0.25) is 4.79 Å². The van der Waals surface area contributed by atoms with Crippen LogP contribution in [0.25, 0.3) is 0 Å². The van der Waals surface area contributed by atoms with Crippen LogP contribution in [0.3, 0.4) is 0 Å². The smallest absolute Gasteiger partial charge is 0.258 e. The van der Waals surface area contributed by atoms with Crippen LogP contribution in [0.5, 0.6) is 0 Å². The molecule has 0 atom stereocenters. The Morgan fingerprint density at radius 1 is 1.24 bits per heavy atom. The van der Waals surface area contributed by atoms with Gasteiger partial charge in [-0.25, -0.2) is 4.39 Å². The molecular formula is C15H12BrFN2OS. The van der Waals surface area contributed by atoms with Crippen LogP contribution in [-0.4, -0.2) is 10.9 Å². The lowest BCUT2D eigenvalue weighted by Crippen LogP contribution is -2.14. The van der Waals surface area contributed by atoms with Crippen molar-refractivity contribution >= 4 is 44.7 Å². The summed E-state index contributed by atoms with van der Waals surface area (Å²) in [7, 11) is 0. The average Bonchev–Trinajstić information content (AvgIpc) is 2.43. The lowest BCUT2D eigenvalue weighted by molar-refractivity contribution is 0.102. The first kappa shape index (κ1) is 15.6. The molecule has 0 aromatic heterocycles. The van der Waals surface area contributed by atoms with E-state index in [2.05, 4.69) is 21.2 Å². The van der Waals surface area contributed by atoms with Crippen LogP contribution < -0.4 is 11.1 Å². The fourth-order valence-electron chi connectivity index (χ4n) is 1.78. The maximum atomic E-state index is 13.8. The molecule has 2 aromatic carbocycles. The van der Waals surface area contributed by atoms with Crippen molar-refractivity contribution in [1.82, 2.24) is 0 Å². The molecular weight excluding hydrogens is 355 g/mol. The third kappa shape index (κ3) is 4.09. The van der Waals surface area contributed by atoms with E-state index >= 15 is 0 Å². The van der Waals surface area contributed by atoms with Gasteiger partial charge in [0, 0.05) is 12.1 Å². The summed E-state index contributed by atoms with van der Waals surface area (Å²) >= 11 is 7.89. The maximum Gasteiger partial charge on any atom is 0.258 e. The van der Waals surface area contributed by atoms with Gasteiger partial charge in [0.25, 0.3) is 5.91 Å². The fraction of sp³-hybridized carbons (Fsp3) is 0.0667. The number of hydrogen-bond donors (Lipinski definition) is 2. The van der Waals surface area contributed by atoms with Gasteiger partial charge in [0.15, 0.2) is 0 Å². The highest BCUT2D eigenvalue weighted by molar-refractivity contribution is 9.10. The topological polar surface area (TPSA) is 55.1 Å². The number of carbonyl (C=O) groups is 1. The van der Waals surface area contributed by atoms with E-state index in [9.17, 15) is 9.18 Å². The molecule has 6 heteroatoms. The first-order valence-electron chi connectivity index (χ1n) is 6.10. The van der Waals surface area contributed by atoms with Crippen molar-refractivity contribution in [2.75, 3.05) is 5.32 Å². The molecule has 0 aliphatic rings. The molecule has 0 fully saturated rings. The summed E-state index contributed by atoms with van der Waals surface area (Å²) in [5, 5.41) is 2.64. The van der Waals surface area contributed by atoms with Crippen molar-refractivity contribution in [2.24, 2.45) is 5.73 Å². The van der Waals surface area contributed by atoms with E-state index < -0.39 is 11.7 Å². The minimum atomic E-state index is -0.583. The average molecular weight is 367 g/mol. The standard InChI is InChI=1S/C15H12BrFN2OS/c16-12-3-1-2-11(14(12)17)15(20)19-10-6-4-9(5-7-10)8-13(18)21/h1-7H,8H2,(H2,18,21)(H,19,20). The van der Waals surface area contributed by atoms with E-state index in [1.54, 1.807) is 18.2 Å². The number of halogens is 2. The number of amides is 1. The van der Waals surface area contributed by atoms with Crippen LogP contribution >= 0.6 is 28.1 Å². The number of hydrogen-bond acceptors (Lipinski definition) is 2. The Morgan fingerprint density at radius 2 is 1.90 bits per heavy atom. The number of nitrogens with one attached hydrogen (secondary N) is 1. The molecule has 0 saturated heterocycles. The monoisotopic (exact) mass is 366 g/mol. The fourth-order valence-corrected chi connectivity index (χ4v) is 2.32. The first-order chi connectivity index (χ1) is 9.97. The van der Waals surface area contributed by atoms with E-state index in [0.29, 0.717) is 17.1 Å². The van der Waals surface area contributed by atoms with Crippen LogP contribution in [0.4, 0.5) is 10.1 Å². The third-order valence-corrected chi connectivity index (χ3v) is 3.54. The highest BCUT2D eigenvalue weighted by Gasteiger charge is 2.13. The van der Waals surface area contributed by atoms with Gasteiger partial charge >= 0.3 is 0 Å². The lowest BCUT2D eigenvalue weighted by atomic mass is 10.1. The van der Waals surface area contributed by atoms with Crippen molar-refractivity contribution in [3.05, 3.63) is 63.9 Å². The minimum Gasteiger partial charge on any atom is -0.393 e. The second kappa shape index (κ2) is 6.78. The van der Waals surface area contributed by atoms with Gasteiger partial charge in [-0.15, -0.1) is 0 Å². The molecule has 0 unspecified atom stereocenters. The zero-order valence-electron chi connectivity index (χ0n) is 10.9. The number of nitrogens with two attached hydrogens (primary N) is 1.